The molecule has 0 fully saturated rings. The Labute approximate surface area is 154 Å². The van der Waals surface area contributed by atoms with Crippen molar-refractivity contribution in [2.45, 2.75) is 20.0 Å². The van der Waals surface area contributed by atoms with Crippen molar-refractivity contribution >= 4 is 43.4 Å². The molecule has 0 unspecified atom stereocenters. The average Bonchev–Trinajstić information content (AvgIpc) is 3.19. The fourth-order valence-corrected chi connectivity index (χ4v) is 3.69. The molecule has 130 valence electrons. The first-order valence-electron chi connectivity index (χ1n) is 8.23. The number of fused-ring (bicyclic) bond motifs is 3. The van der Waals surface area contributed by atoms with Crippen LogP contribution in [-0.2, 0) is 7.05 Å². The molecule has 0 radical (unpaired) electrons. The highest BCUT2D eigenvalue weighted by molar-refractivity contribution is 7.22. The molecule has 2 aromatic heterocycles. The molecule has 0 saturated heterocycles. The number of nitriles is 1. The van der Waals surface area contributed by atoms with Crippen molar-refractivity contribution in [3.05, 3.63) is 42.2 Å². The van der Waals surface area contributed by atoms with Gasteiger partial charge in [0.25, 0.3) is 0 Å². The molecule has 0 spiro atoms. The number of rotatable bonds is 4. The second-order valence-electron chi connectivity index (χ2n) is 6.27. The molecule has 1 N–H and O–H groups in total. The van der Waals surface area contributed by atoms with E-state index < -0.39 is 0 Å². The number of anilines is 2. The molecular weight excluding hydrogens is 346 g/mol. The van der Waals surface area contributed by atoms with Gasteiger partial charge in [0.2, 0.25) is 0 Å². The average molecular weight is 363 g/mol. The van der Waals surface area contributed by atoms with Crippen LogP contribution in [0.5, 0.6) is 5.75 Å². The Morgan fingerprint density at radius 1 is 1.23 bits per heavy atom. The summed E-state index contributed by atoms with van der Waals surface area (Å²) < 4.78 is 8.89. The molecule has 0 amide bonds. The molecule has 6 nitrogen and oxygen atoms in total. The Hall–Kier alpha value is -3.11. The van der Waals surface area contributed by atoms with Crippen LogP contribution in [0.4, 0.5) is 10.8 Å². The van der Waals surface area contributed by atoms with Gasteiger partial charge in [-0.05, 0) is 44.2 Å². The molecule has 2 aromatic carbocycles. The third-order valence-corrected chi connectivity index (χ3v) is 4.90. The number of nitrogens with zero attached hydrogens (tertiary/aromatic N) is 4. The van der Waals surface area contributed by atoms with Gasteiger partial charge >= 0.3 is 0 Å². The van der Waals surface area contributed by atoms with E-state index in [0.29, 0.717) is 11.3 Å². The summed E-state index contributed by atoms with van der Waals surface area (Å²) in [5.41, 5.74) is 4.10. The molecule has 0 aliphatic rings. The lowest BCUT2D eigenvalue weighted by Crippen LogP contribution is -2.07. The van der Waals surface area contributed by atoms with Gasteiger partial charge in [-0.25, -0.2) is 9.97 Å². The molecule has 4 aromatic rings. The summed E-state index contributed by atoms with van der Waals surface area (Å²) in [6, 6.07) is 11.6. The number of aromatic nitrogens is 3. The van der Waals surface area contributed by atoms with E-state index in [9.17, 15) is 5.26 Å². The molecule has 0 aliphatic carbocycles. The highest BCUT2D eigenvalue weighted by atomic mass is 32.1. The first-order chi connectivity index (χ1) is 12.5. The first-order valence-corrected chi connectivity index (χ1v) is 9.05. The standard InChI is InChI=1S/C19H17N5OS/c1-11(2)25-15-6-4-12(9-20)8-13(15)22-19-23-18-16(26-19)7-5-14-17(18)21-10-24(14)3/h4-8,10-11H,1-3H3,(H,22,23). The minimum atomic E-state index is 0.0343. The summed E-state index contributed by atoms with van der Waals surface area (Å²) in [4.78, 5) is 9.18. The zero-order valence-corrected chi connectivity index (χ0v) is 15.5. The van der Waals surface area contributed by atoms with E-state index in [1.807, 2.05) is 31.5 Å². The van der Waals surface area contributed by atoms with Gasteiger partial charge < -0.3 is 14.6 Å². The van der Waals surface area contributed by atoms with Crippen molar-refractivity contribution in [1.29, 1.82) is 5.26 Å². The number of ether oxygens (including phenoxy) is 1. The highest BCUT2D eigenvalue weighted by Gasteiger charge is 2.13. The van der Waals surface area contributed by atoms with Gasteiger partial charge in [0.15, 0.2) is 5.13 Å². The van der Waals surface area contributed by atoms with Gasteiger partial charge in [-0.15, -0.1) is 0 Å². The SMILES string of the molecule is CC(C)Oc1ccc(C#N)cc1Nc1nc2c(ccc3c2ncn3C)s1. The van der Waals surface area contributed by atoms with Gasteiger partial charge in [-0.1, -0.05) is 11.3 Å². The van der Waals surface area contributed by atoms with E-state index in [0.717, 1.165) is 32.1 Å². The summed E-state index contributed by atoms with van der Waals surface area (Å²) in [5.74, 6) is 0.696. The number of thiazole rings is 1. The fraction of sp³-hybridized carbons (Fsp3) is 0.211. The summed E-state index contributed by atoms with van der Waals surface area (Å²) >= 11 is 1.55. The Bertz CT molecular complexity index is 1150. The van der Waals surface area contributed by atoms with Crippen LogP contribution >= 0.6 is 11.3 Å². The van der Waals surface area contributed by atoms with Crippen molar-refractivity contribution < 1.29 is 4.74 Å². The largest absolute Gasteiger partial charge is 0.489 e. The van der Waals surface area contributed by atoms with Crippen LogP contribution in [0.15, 0.2) is 36.7 Å². The van der Waals surface area contributed by atoms with E-state index >= 15 is 0 Å². The lowest BCUT2D eigenvalue weighted by Gasteiger charge is -2.14. The monoisotopic (exact) mass is 363 g/mol. The van der Waals surface area contributed by atoms with Crippen molar-refractivity contribution in [2.75, 3.05) is 5.32 Å². The van der Waals surface area contributed by atoms with Crippen LogP contribution in [0.1, 0.15) is 19.4 Å². The van der Waals surface area contributed by atoms with Crippen LogP contribution in [-0.4, -0.2) is 20.6 Å². The van der Waals surface area contributed by atoms with Crippen LogP contribution < -0.4 is 10.1 Å². The molecule has 0 atom stereocenters. The van der Waals surface area contributed by atoms with Crippen LogP contribution in [0.2, 0.25) is 0 Å². The number of benzene rings is 2. The zero-order valence-electron chi connectivity index (χ0n) is 14.6. The summed E-state index contributed by atoms with van der Waals surface area (Å²) in [6.07, 6.45) is 1.83. The van der Waals surface area contributed by atoms with Crippen LogP contribution in [0.25, 0.3) is 21.3 Å². The maximum absolute atomic E-state index is 9.19. The second kappa shape index (κ2) is 6.32. The van der Waals surface area contributed by atoms with Gasteiger partial charge in [-0.2, -0.15) is 5.26 Å². The third kappa shape index (κ3) is 2.85. The van der Waals surface area contributed by atoms with Crippen molar-refractivity contribution in [1.82, 2.24) is 14.5 Å². The quantitative estimate of drug-likeness (QED) is 0.574. The van der Waals surface area contributed by atoms with Crippen molar-refractivity contribution in [3.63, 3.8) is 0 Å². The number of hydrogen-bond donors (Lipinski definition) is 1. The lowest BCUT2D eigenvalue weighted by atomic mass is 10.2. The number of aryl methyl sites for hydroxylation is 1. The molecule has 0 saturated carbocycles. The van der Waals surface area contributed by atoms with Gasteiger partial charge in [0.05, 0.1) is 40.0 Å². The van der Waals surface area contributed by atoms with Crippen molar-refractivity contribution in [3.8, 4) is 11.8 Å². The Kier molecular flexibility index (Phi) is 3.98. The molecule has 26 heavy (non-hydrogen) atoms. The van der Waals surface area contributed by atoms with Gasteiger partial charge in [0.1, 0.15) is 16.8 Å². The number of nitrogens with one attached hydrogen (secondary N) is 1. The third-order valence-electron chi connectivity index (χ3n) is 3.97. The van der Waals surface area contributed by atoms with E-state index in [4.69, 9.17) is 9.72 Å². The predicted molar refractivity (Wildman–Crippen MR) is 104 cm³/mol. The Morgan fingerprint density at radius 3 is 2.85 bits per heavy atom. The number of hydrogen-bond acceptors (Lipinski definition) is 6. The normalized spacial score (nSPS) is 11.2. The first kappa shape index (κ1) is 16.4. The van der Waals surface area contributed by atoms with E-state index in [1.54, 1.807) is 29.8 Å². The molecule has 0 aliphatic heterocycles. The number of imidazole rings is 1. The minimum absolute atomic E-state index is 0.0343. The maximum Gasteiger partial charge on any atom is 0.188 e. The lowest BCUT2D eigenvalue weighted by molar-refractivity contribution is 0.244. The molecule has 7 heteroatoms. The molecule has 0 bridgehead atoms. The van der Waals surface area contributed by atoms with Crippen LogP contribution in [0.3, 0.4) is 0 Å². The van der Waals surface area contributed by atoms with Crippen LogP contribution in [0, 0.1) is 11.3 Å². The summed E-state index contributed by atoms with van der Waals surface area (Å²) in [6.45, 7) is 3.94. The highest BCUT2D eigenvalue weighted by Crippen LogP contribution is 2.35. The maximum atomic E-state index is 9.19. The topological polar surface area (TPSA) is 75.8 Å². The molecule has 4 rings (SSSR count). The minimum Gasteiger partial charge on any atom is -0.489 e. The summed E-state index contributed by atoms with van der Waals surface area (Å²) in [5, 5.41) is 13.2. The Balaban J connectivity index is 1.77. The van der Waals surface area contributed by atoms with E-state index in [2.05, 4.69) is 28.5 Å². The zero-order chi connectivity index (χ0) is 18.3. The van der Waals surface area contributed by atoms with E-state index in [-0.39, 0.29) is 6.10 Å². The Morgan fingerprint density at radius 2 is 2.08 bits per heavy atom. The van der Waals surface area contributed by atoms with Crippen molar-refractivity contribution in [2.24, 2.45) is 7.05 Å². The van der Waals surface area contributed by atoms with Gasteiger partial charge in [0, 0.05) is 7.05 Å². The smallest absolute Gasteiger partial charge is 0.188 e. The fourth-order valence-electron chi connectivity index (χ4n) is 2.81. The summed E-state index contributed by atoms with van der Waals surface area (Å²) in [7, 11) is 1.97. The molecule has 2 heterocycles. The second-order valence-corrected chi connectivity index (χ2v) is 7.30. The van der Waals surface area contributed by atoms with E-state index in [1.165, 1.54) is 0 Å². The molecular formula is C19H17N5OS. The predicted octanol–water partition coefficient (Wildman–Crippen LogP) is 4.59. The van der Waals surface area contributed by atoms with Gasteiger partial charge in [-0.3, -0.25) is 0 Å².